The van der Waals surface area contributed by atoms with Gasteiger partial charge in [0.05, 0.1) is 24.4 Å². The van der Waals surface area contributed by atoms with E-state index >= 15 is 0 Å². The van der Waals surface area contributed by atoms with Crippen molar-refractivity contribution < 1.29 is 20.1 Å². The van der Waals surface area contributed by atoms with Gasteiger partial charge in [0.1, 0.15) is 17.5 Å². The third kappa shape index (κ3) is 4.74. The quantitative estimate of drug-likeness (QED) is 0.340. The van der Waals surface area contributed by atoms with Gasteiger partial charge < -0.3 is 31.1 Å². The number of aromatic nitrogens is 3. The Hall–Kier alpha value is -2.64. The van der Waals surface area contributed by atoms with Gasteiger partial charge in [0.25, 0.3) is 0 Å². The molecule has 2 heterocycles. The predicted octanol–water partition coefficient (Wildman–Crippen LogP) is 0.729. The van der Waals surface area contributed by atoms with E-state index in [0.717, 1.165) is 0 Å². The number of pyridine rings is 1. The molecule has 0 aromatic carbocycles. The summed E-state index contributed by atoms with van der Waals surface area (Å²) in [5.41, 5.74) is 7.39. The fourth-order valence-corrected chi connectivity index (χ4v) is 3.54. The van der Waals surface area contributed by atoms with Crippen LogP contribution >= 0.6 is 11.6 Å². The first-order valence-corrected chi connectivity index (χ1v) is 9.90. The Balaban J connectivity index is 1.91. The van der Waals surface area contributed by atoms with E-state index in [-0.39, 0.29) is 23.5 Å². The van der Waals surface area contributed by atoms with Crippen molar-refractivity contribution >= 4 is 23.4 Å². The van der Waals surface area contributed by atoms with Gasteiger partial charge in [-0.1, -0.05) is 23.4 Å². The standard InChI is InChI=1S/C20H24ClN5O4/c1-3-30-15-7-5-11(10(2)23-15)4-6-13-18(21)25-20(22)26-19(13)24-14-8-12(9-27)16(28)17(14)29/h5,7,12,14,16-17,27-29H,3,8-9H2,1-2H3,(H3,22,24,25,26). The van der Waals surface area contributed by atoms with Gasteiger partial charge in [-0.05, 0) is 26.3 Å². The van der Waals surface area contributed by atoms with Crippen LogP contribution in [0.15, 0.2) is 12.1 Å². The smallest absolute Gasteiger partial charge is 0.223 e. The molecule has 1 aliphatic rings. The van der Waals surface area contributed by atoms with Crippen molar-refractivity contribution in [1.29, 1.82) is 0 Å². The lowest BCUT2D eigenvalue weighted by atomic mass is 10.1. The number of nitrogens with one attached hydrogen (secondary N) is 1. The molecule has 6 N–H and O–H groups in total. The van der Waals surface area contributed by atoms with Crippen LogP contribution in [-0.2, 0) is 0 Å². The van der Waals surface area contributed by atoms with E-state index in [1.54, 1.807) is 12.1 Å². The molecule has 10 heteroatoms. The summed E-state index contributed by atoms with van der Waals surface area (Å²) in [4.78, 5) is 12.5. The molecule has 30 heavy (non-hydrogen) atoms. The molecular formula is C20H24ClN5O4. The topological polar surface area (TPSA) is 147 Å². The molecule has 9 nitrogen and oxygen atoms in total. The second-order valence-corrected chi connectivity index (χ2v) is 7.33. The van der Waals surface area contributed by atoms with Crippen molar-refractivity contribution in [2.45, 2.75) is 38.5 Å². The maximum absolute atomic E-state index is 10.3. The van der Waals surface area contributed by atoms with Crippen molar-refractivity contribution in [3.63, 3.8) is 0 Å². The molecular weight excluding hydrogens is 410 g/mol. The summed E-state index contributed by atoms with van der Waals surface area (Å²) in [6, 6.07) is 2.96. The van der Waals surface area contributed by atoms with Crippen molar-refractivity contribution in [1.82, 2.24) is 15.0 Å². The van der Waals surface area contributed by atoms with E-state index in [2.05, 4.69) is 32.1 Å². The maximum Gasteiger partial charge on any atom is 0.223 e. The summed E-state index contributed by atoms with van der Waals surface area (Å²) in [6.07, 6.45) is -1.79. The fraction of sp³-hybridized carbons (Fsp3) is 0.450. The van der Waals surface area contributed by atoms with Gasteiger partial charge in [-0.2, -0.15) is 9.97 Å². The van der Waals surface area contributed by atoms with Gasteiger partial charge in [0, 0.05) is 24.2 Å². The van der Waals surface area contributed by atoms with E-state index in [0.29, 0.717) is 35.7 Å². The summed E-state index contributed by atoms with van der Waals surface area (Å²) in [5.74, 6) is 6.20. The Morgan fingerprint density at radius 1 is 1.23 bits per heavy atom. The first-order valence-electron chi connectivity index (χ1n) is 9.53. The predicted molar refractivity (Wildman–Crippen MR) is 112 cm³/mol. The molecule has 1 saturated carbocycles. The highest BCUT2D eigenvalue weighted by Gasteiger charge is 2.41. The number of nitrogen functional groups attached to an aromatic ring is 1. The first-order chi connectivity index (χ1) is 14.3. The van der Waals surface area contributed by atoms with Crippen LogP contribution in [0.4, 0.5) is 11.8 Å². The summed E-state index contributed by atoms with van der Waals surface area (Å²) < 4.78 is 5.38. The molecule has 160 valence electrons. The Morgan fingerprint density at radius 3 is 2.63 bits per heavy atom. The second kappa shape index (κ2) is 9.45. The third-order valence-electron chi connectivity index (χ3n) is 4.92. The van der Waals surface area contributed by atoms with E-state index < -0.39 is 24.2 Å². The molecule has 0 aliphatic heterocycles. The number of aliphatic hydroxyl groups is 3. The molecule has 4 unspecified atom stereocenters. The molecule has 0 amide bonds. The zero-order valence-corrected chi connectivity index (χ0v) is 17.4. The highest BCUT2D eigenvalue weighted by atomic mass is 35.5. The van der Waals surface area contributed by atoms with Crippen LogP contribution in [0.1, 0.15) is 30.2 Å². The van der Waals surface area contributed by atoms with Crippen molar-refractivity contribution in [3.05, 3.63) is 34.1 Å². The molecule has 2 aromatic heterocycles. The highest BCUT2D eigenvalue weighted by Crippen LogP contribution is 2.30. The third-order valence-corrected chi connectivity index (χ3v) is 5.19. The van der Waals surface area contributed by atoms with Crippen LogP contribution in [0, 0.1) is 24.7 Å². The van der Waals surface area contributed by atoms with Gasteiger partial charge in [0.2, 0.25) is 11.8 Å². The number of aryl methyl sites for hydroxylation is 1. The van der Waals surface area contributed by atoms with Crippen molar-refractivity contribution in [2.75, 3.05) is 24.3 Å². The number of ether oxygens (including phenoxy) is 1. The lowest BCUT2D eigenvalue weighted by Gasteiger charge is -2.19. The number of nitrogens with zero attached hydrogens (tertiary/aromatic N) is 3. The minimum Gasteiger partial charge on any atom is -0.478 e. The Kier molecular flexibility index (Phi) is 6.95. The van der Waals surface area contributed by atoms with Gasteiger partial charge in [-0.3, -0.25) is 0 Å². The number of anilines is 2. The molecule has 0 saturated heterocycles. The number of nitrogens with two attached hydrogens (primary N) is 1. The minimum atomic E-state index is -1.09. The summed E-state index contributed by atoms with van der Waals surface area (Å²) >= 11 is 6.25. The zero-order chi connectivity index (χ0) is 21.8. The van der Waals surface area contributed by atoms with Crippen LogP contribution in [0.3, 0.4) is 0 Å². The SMILES string of the molecule is CCOc1ccc(C#Cc2c(Cl)nc(N)nc2NC2CC(CO)C(O)C2O)c(C)n1. The molecule has 0 bridgehead atoms. The average Bonchev–Trinajstić information content (AvgIpc) is 2.96. The Labute approximate surface area is 179 Å². The number of rotatable bonds is 5. The van der Waals surface area contributed by atoms with Crippen LogP contribution in [0.2, 0.25) is 5.15 Å². The maximum atomic E-state index is 10.3. The number of aliphatic hydroxyl groups excluding tert-OH is 3. The second-order valence-electron chi connectivity index (χ2n) is 6.97. The van der Waals surface area contributed by atoms with Crippen LogP contribution in [0.25, 0.3) is 0 Å². The van der Waals surface area contributed by atoms with Gasteiger partial charge in [-0.15, -0.1) is 0 Å². The summed E-state index contributed by atoms with van der Waals surface area (Å²) in [6.45, 7) is 3.98. The van der Waals surface area contributed by atoms with E-state index in [4.69, 9.17) is 22.1 Å². The Bertz CT molecular complexity index is 978. The van der Waals surface area contributed by atoms with Crippen LogP contribution < -0.4 is 15.8 Å². The number of halogens is 1. The molecule has 2 aromatic rings. The molecule has 0 spiro atoms. The van der Waals surface area contributed by atoms with Crippen molar-refractivity contribution in [3.8, 4) is 17.7 Å². The number of hydrogen-bond donors (Lipinski definition) is 5. The molecule has 3 rings (SSSR count). The summed E-state index contributed by atoms with van der Waals surface area (Å²) in [7, 11) is 0. The molecule has 1 fully saturated rings. The average molecular weight is 434 g/mol. The minimum absolute atomic E-state index is 0.0563. The summed E-state index contributed by atoms with van der Waals surface area (Å²) in [5, 5.41) is 32.8. The molecule has 0 radical (unpaired) electrons. The lowest BCUT2D eigenvalue weighted by molar-refractivity contribution is 0.00445. The molecule has 1 aliphatic carbocycles. The highest BCUT2D eigenvalue weighted by molar-refractivity contribution is 6.31. The zero-order valence-electron chi connectivity index (χ0n) is 16.6. The van der Waals surface area contributed by atoms with Gasteiger partial charge in [-0.25, -0.2) is 4.98 Å². The van der Waals surface area contributed by atoms with E-state index in [1.807, 2.05) is 13.8 Å². The van der Waals surface area contributed by atoms with Gasteiger partial charge >= 0.3 is 0 Å². The van der Waals surface area contributed by atoms with E-state index in [9.17, 15) is 15.3 Å². The monoisotopic (exact) mass is 433 g/mol. The number of hydrogen-bond acceptors (Lipinski definition) is 9. The van der Waals surface area contributed by atoms with Crippen LogP contribution in [-0.4, -0.2) is 61.7 Å². The fourth-order valence-electron chi connectivity index (χ4n) is 3.32. The Morgan fingerprint density at radius 2 is 2.00 bits per heavy atom. The first kappa shape index (κ1) is 22.1. The van der Waals surface area contributed by atoms with E-state index in [1.165, 1.54) is 0 Å². The van der Waals surface area contributed by atoms with Crippen LogP contribution in [0.5, 0.6) is 5.88 Å². The lowest BCUT2D eigenvalue weighted by Crippen LogP contribution is -2.35. The van der Waals surface area contributed by atoms with Crippen molar-refractivity contribution in [2.24, 2.45) is 5.92 Å². The molecule has 4 atom stereocenters. The normalized spacial score (nSPS) is 23.0. The largest absolute Gasteiger partial charge is 0.478 e. The van der Waals surface area contributed by atoms with Gasteiger partial charge in [0.15, 0.2) is 5.15 Å².